The molecular weight excluding hydrogens is 366 g/mol. The van der Waals surface area contributed by atoms with Crippen molar-refractivity contribution in [2.45, 2.75) is 18.9 Å². The van der Waals surface area contributed by atoms with E-state index in [9.17, 15) is 9.59 Å². The highest BCUT2D eigenvalue weighted by Crippen LogP contribution is 2.38. The second kappa shape index (κ2) is 8.41. The van der Waals surface area contributed by atoms with E-state index in [1.165, 1.54) is 11.3 Å². The first kappa shape index (κ1) is 19.2. The molecule has 0 spiro atoms. The van der Waals surface area contributed by atoms with Crippen LogP contribution in [0.25, 0.3) is 0 Å². The first-order valence-corrected chi connectivity index (χ1v) is 9.54. The second-order valence-corrected chi connectivity index (χ2v) is 7.23. The van der Waals surface area contributed by atoms with Crippen LogP contribution in [-0.2, 0) is 4.79 Å². The molecule has 2 aromatic rings. The van der Waals surface area contributed by atoms with E-state index in [-0.39, 0.29) is 18.5 Å². The molecule has 2 amide bonds. The highest BCUT2D eigenvalue weighted by Gasteiger charge is 2.30. The van der Waals surface area contributed by atoms with Gasteiger partial charge in [-0.25, -0.2) is 0 Å². The van der Waals surface area contributed by atoms with Crippen LogP contribution in [0.2, 0.25) is 0 Å². The number of carbonyl (C=O) groups excluding carboxylic acids is 2. The average molecular weight is 389 g/mol. The third-order valence-electron chi connectivity index (χ3n) is 4.69. The summed E-state index contributed by atoms with van der Waals surface area (Å²) in [5, 5.41) is 5.03. The zero-order valence-corrected chi connectivity index (χ0v) is 16.2. The Bertz CT molecular complexity index is 836. The summed E-state index contributed by atoms with van der Waals surface area (Å²) in [6.07, 6.45) is 1.94. The van der Waals surface area contributed by atoms with Crippen molar-refractivity contribution >= 4 is 28.2 Å². The summed E-state index contributed by atoms with van der Waals surface area (Å²) in [6, 6.07) is 7.46. The number of thiophene rings is 1. The minimum atomic E-state index is -0.548. The van der Waals surface area contributed by atoms with Crippen molar-refractivity contribution in [1.29, 1.82) is 0 Å². The van der Waals surface area contributed by atoms with Crippen LogP contribution in [0.4, 0.5) is 5.00 Å². The number of benzene rings is 1. The van der Waals surface area contributed by atoms with E-state index in [0.717, 1.165) is 36.4 Å². The van der Waals surface area contributed by atoms with Gasteiger partial charge in [0.2, 0.25) is 5.91 Å². The summed E-state index contributed by atoms with van der Waals surface area (Å²) in [5.41, 5.74) is 6.71. The molecule has 144 valence electrons. The molecule has 1 aromatic carbocycles. The molecule has 0 bridgehead atoms. The van der Waals surface area contributed by atoms with Gasteiger partial charge in [-0.1, -0.05) is 6.07 Å². The van der Waals surface area contributed by atoms with Crippen LogP contribution in [0.3, 0.4) is 0 Å². The topological polar surface area (TPSA) is 93.9 Å². The van der Waals surface area contributed by atoms with Crippen molar-refractivity contribution in [1.82, 2.24) is 4.90 Å². The third kappa shape index (κ3) is 4.23. The van der Waals surface area contributed by atoms with Crippen molar-refractivity contribution in [2.24, 2.45) is 5.73 Å². The molecule has 3 N–H and O–H groups in total. The highest BCUT2D eigenvalue weighted by molar-refractivity contribution is 7.14. The molecule has 1 fully saturated rings. The van der Waals surface area contributed by atoms with Gasteiger partial charge in [-0.3, -0.25) is 14.5 Å². The molecule has 0 radical (unpaired) electrons. The maximum absolute atomic E-state index is 12.5. The van der Waals surface area contributed by atoms with Crippen LogP contribution in [0, 0.1) is 0 Å². The van der Waals surface area contributed by atoms with Gasteiger partial charge in [0.25, 0.3) is 5.91 Å². The van der Waals surface area contributed by atoms with Crippen LogP contribution in [0.15, 0.2) is 29.6 Å². The molecule has 2 heterocycles. The highest BCUT2D eigenvalue weighted by atomic mass is 32.1. The van der Waals surface area contributed by atoms with Crippen LogP contribution >= 0.6 is 11.3 Å². The van der Waals surface area contributed by atoms with Gasteiger partial charge >= 0.3 is 0 Å². The number of rotatable bonds is 7. The van der Waals surface area contributed by atoms with Gasteiger partial charge < -0.3 is 20.5 Å². The summed E-state index contributed by atoms with van der Waals surface area (Å²) in [7, 11) is 3.25. The van der Waals surface area contributed by atoms with E-state index in [0.29, 0.717) is 10.6 Å². The fourth-order valence-corrected chi connectivity index (χ4v) is 4.22. The van der Waals surface area contributed by atoms with Crippen molar-refractivity contribution < 1.29 is 19.1 Å². The molecule has 3 rings (SSSR count). The van der Waals surface area contributed by atoms with Crippen LogP contribution in [0.5, 0.6) is 11.5 Å². The van der Waals surface area contributed by atoms with Crippen LogP contribution < -0.4 is 20.5 Å². The Hall–Kier alpha value is -2.58. The zero-order valence-electron chi connectivity index (χ0n) is 15.4. The quantitative estimate of drug-likeness (QED) is 0.759. The van der Waals surface area contributed by atoms with Gasteiger partial charge in [0.15, 0.2) is 0 Å². The Balaban J connectivity index is 1.72. The Morgan fingerprint density at radius 3 is 2.81 bits per heavy atom. The molecule has 1 aromatic heterocycles. The van der Waals surface area contributed by atoms with Crippen molar-refractivity contribution in [3.05, 3.63) is 40.8 Å². The summed E-state index contributed by atoms with van der Waals surface area (Å²) >= 11 is 1.29. The number of anilines is 1. The van der Waals surface area contributed by atoms with E-state index in [4.69, 9.17) is 15.2 Å². The number of likely N-dealkylation sites (tertiary alicyclic amines) is 1. The monoisotopic (exact) mass is 389 g/mol. The van der Waals surface area contributed by atoms with E-state index in [1.54, 1.807) is 25.7 Å². The summed E-state index contributed by atoms with van der Waals surface area (Å²) in [4.78, 5) is 26.1. The van der Waals surface area contributed by atoms with Gasteiger partial charge in [-0.2, -0.15) is 0 Å². The third-order valence-corrected chi connectivity index (χ3v) is 5.52. The lowest BCUT2D eigenvalue weighted by molar-refractivity contribution is -0.117. The number of hydrogen-bond donors (Lipinski definition) is 2. The molecule has 0 aliphatic carbocycles. The van der Waals surface area contributed by atoms with Gasteiger partial charge in [0.05, 0.1) is 26.3 Å². The lowest BCUT2D eigenvalue weighted by Crippen LogP contribution is -2.33. The maximum atomic E-state index is 12.5. The molecular formula is C19H23N3O4S. The van der Waals surface area contributed by atoms with E-state index < -0.39 is 5.91 Å². The molecule has 0 saturated carbocycles. The minimum Gasteiger partial charge on any atom is -0.497 e. The predicted molar refractivity (Wildman–Crippen MR) is 105 cm³/mol. The average Bonchev–Trinajstić information content (AvgIpc) is 3.30. The number of primary amides is 1. The maximum Gasteiger partial charge on any atom is 0.251 e. The SMILES string of the molecule is COc1ccc([C@@H]2CCCN2CC(=O)Nc2sccc2C(N)=O)c(OC)c1. The lowest BCUT2D eigenvalue weighted by Gasteiger charge is -2.25. The minimum absolute atomic E-state index is 0.0931. The largest absolute Gasteiger partial charge is 0.497 e. The summed E-state index contributed by atoms with van der Waals surface area (Å²) in [5.74, 6) is 0.767. The van der Waals surface area contributed by atoms with Crippen molar-refractivity contribution in [3.8, 4) is 11.5 Å². The Morgan fingerprint density at radius 2 is 2.11 bits per heavy atom. The Kier molecular flexibility index (Phi) is 5.98. The van der Waals surface area contributed by atoms with Crippen molar-refractivity contribution in [2.75, 3.05) is 32.6 Å². The lowest BCUT2D eigenvalue weighted by atomic mass is 10.0. The summed E-state index contributed by atoms with van der Waals surface area (Å²) in [6.45, 7) is 1.05. The summed E-state index contributed by atoms with van der Waals surface area (Å²) < 4.78 is 10.8. The number of methoxy groups -OCH3 is 2. The predicted octanol–water partition coefficient (Wildman–Crippen LogP) is 2.64. The number of hydrogen-bond acceptors (Lipinski definition) is 6. The Morgan fingerprint density at radius 1 is 1.30 bits per heavy atom. The van der Waals surface area contributed by atoms with E-state index in [2.05, 4.69) is 10.2 Å². The number of carbonyl (C=O) groups is 2. The van der Waals surface area contributed by atoms with Gasteiger partial charge in [-0.15, -0.1) is 11.3 Å². The molecule has 1 aliphatic heterocycles. The molecule has 1 atom stereocenters. The molecule has 1 aliphatic rings. The second-order valence-electron chi connectivity index (χ2n) is 6.31. The molecule has 1 saturated heterocycles. The number of ether oxygens (including phenoxy) is 2. The van der Waals surface area contributed by atoms with E-state index >= 15 is 0 Å². The van der Waals surface area contributed by atoms with Crippen LogP contribution in [0.1, 0.15) is 34.8 Å². The Labute approximate surface area is 162 Å². The fraction of sp³-hybridized carbons (Fsp3) is 0.368. The molecule has 27 heavy (non-hydrogen) atoms. The molecule has 0 unspecified atom stereocenters. The first-order valence-electron chi connectivity index (χ1n) is 8.66. The number of nitrogens with zero attached hydrogens (tertiary/aromatic N) is 1. The number of nitrogens with two attached hydrogens (primary N) is 1. The van der Waals surface area contributed by atoms with E-state index in [1.807, 2.05) is 18.2 Å². The smallest absolute Gasteiger partial charge is 0.251 e. The molecule has 8 heteroatoms. The number of nitrogens with one attached hydrogen (secondary N) is 1. The van der Waals surface area contributed by atoms with Crippen molar-refractivity contribution in [3.63, 3.8) is 0 Å². The van der Waals surface area contributed by atoms with Crippen LogP contribution in [-0.4, -0.2) is 44.0 Å². The first-order chi connectivity index (χ1) is 13.0. The zero-order chi connectivity index (χ0) is 19.4. The fourth-order valence-electron chi connectivity index (χ4n) is 3.41. The van der Waals surface area contributed by atoms with Gasteiger partial charge in [0, 0.05) is 17.7 Å². The van der Waals surface area contributed by atoms with Gasteiger partial charge in [0.1, 0.15) is 16.5 Å². The standard InChI is InChI=1S/C19H23N3O4S/c1-25-12-5-6-13(16(10-12)26-2)15-4-3-8-22(15)11-17(23)21-19-14(18(20)24)7-9-27-19/h5-7,9-10,15H,3-4,8,11H2,1-2H3,(H2,20,24)(H,21,23)/t15-/m0/s1. The normalized spacial score (nSPS) is 16.9. The van der Waals surface area contributed by atoms with Gasteiger partial charge in [-0.05, 0) is 36.9 Å². The number of amides is 2. The molecule has 7 nitrogen and oxygen atoms in total.